The Morgan fingerprint density at radius 3 is 3.04 bits per heavy atom. The molecule has 1 aromatic carbocycles. The molecule has 8 nitrogen and oxygen atoms in total. The third kappa shape index (κ3) is 3.28. The van der Waals surface area contributed by atoms with E-state index in [0.29, 0.717) is 24.4 Å². The number of hydrogen-bond donors (Lipinski definition) is 2. The van der Waals surface area contributed by atoms with Gasteiger partial charge in [0.25, 0.3) is 0 Å². The van der Waals surface area contributed by atoms with Crippen molar-refractivity contribution in [2.24, 2.45) is 0 Å². The lowest BCUT2D eigenvalue weighted by Crippen LogP contribution is -2.25. The summed E-state index contributed by atoms with van der Waals surface area (Å²) >= 11 is 0. The minimum Gasteiger partial charge on any atom is -0.405 e. The number of hydrogen-bond acceptors (Lipinski definition) is 6. The van der Waals surface area contributed by atoms with Crippen LogP contribution in [-0.2, 0) is 0 Å². The third-order valence-electron chi connectivity index (χ3n) is 4.54. The highest BCUT2D eigenvalue weighted by Crippen LogP contribution is 2.36. The van der Waals surface area contributed by atoms with Gasteiger partial charge in [0, 0.05) is 19.8 Å². The summed E-state index contributed by atoms with van der Waals surface area (Å²) in [6.07, 6.45) is 2.40. The van der Waals surface area contributed by atoms with Gasteiger partial charge in [-0.3, -0.25) is 0 Å². The van der Waals surface area contributed by atoms with E-state index >= 15 is 0 Å². The number of benzene rings is 1. The second-order valence-corrected chi connectivity index (χ2v) is 6.31. The van der Waals surface area contributed by atoms with Crippen LogP contribution in [0.2, 0.25) is 0 Å². The monoisotopic (exact) mass is 371 g/mol. The second kappa shape index (κ2) is 6.84. The van der Waals surface area contributed by atoms with E-state index in [1.807, 2.05) is 11.0 Å². The number of aliphatic hydroxyl groups excluding tert-OH is 1. The van der Waals surface area contributed by atoms with E-state index < -0.39 is 12.2 Å². The molecule has 2 aromatic heterocycles. The molecule has 1 aliphatic heterocycles. The van der Waals surface area contributed by atoms with Crippen LogP contribution in [0.1, 0.15) is 18.0 Å². The summed E-state index contributed by atoms with van der Waals surface area (Å²) < 4.78 is 20.3. The molecule has 0 saturated carbocycles. The lowest BCUT2D eigenvalue weighted by atomic mass is 10.0. The molecule has 2 N–H and O–H groups in total. The number of β-amino-alcohol motifs (C(OH)–C–C–N with tert-alkyl or cyclic N) is 1. The van der Waals surface area contributed by atoms with Crippen molar-refractivity contribution in [3.8, 4) is 5.75 Å². The molecule has 1 amide bonds. The Morgan fingerprint density at radius 1 is 1.41 bits per heavy atom. The zero-order valence-electron chi connectivity index (χ0n) is 14.5. The molecule has 3 heterocycles. The van der Waals surface area contributed by atoms with Crippen molar-refractivity contribution in [2.45, 2.75) is 18.6 Å². The molecule has 0 bridgehead atoms. The van der Waals surface area contributed by atoms with Crippen molar-refractivity contribution in [2.75, 3.05) is 18.5 Å². The van der Waals surface area contributed by atoms with Crippen LogP contribution in [-0.4, -0.2) is 45.5 Å². The van der Waals surface area contributed by atoms with Gasteiger partial charge in [-0.2, -0.15) is 5.10 Å². The summed E-state index contributed by atoms with van der Waals surface area (Å²) in [5.41, 5.74) is 1.14. The molecule has 1 aliphatic rings. The number of aliphatic hydroxyl groups is 1. The van der Waals surface area contributed by atoms with Gasteiger partial charge < -0.3 is 20.1 Å². The molecular formula is C18H18FN5O3. The fourth-order valence-corrected chi connectivity index (χ4v) is 3.32. The van der Waals surface area contributed by atoms with E-state index in [9.17, 15) is 14.3 Å². The van der Waals surface area contributed by atoms with Crippen molar-refractivity contribution in [1.29, 1.82) is 0 Å². The topological polar surface area (TPSA) is 92.0 Å². The molecule has 140 valence electrons. The molecule has 1 fully saturated rings. The number of nitrogens with one attached hydrogen (secondary N) is 1. The van der Waals surface area contributed by atoms with E-state index in [0.717, 1.165) is 5.56 Å². The quantitative estimate of drug-likeness (QED) is 0.731. The lowest BCUT2D eigenvalue weighted by Gasteiger charge is -2.25. The summed E-state index contributed by atoms with van der Waals surface area (Å²) in [4.78, 5) is 18.0. The highest BCUT2D eigenvalue weighted by Gasteiger charge is 2.33. The maximum atomic E-state index is 13.7. The van der Waals surface area contributed by atoms with Crippen LogP contribution < -0.4 is 15.0 Å². The number of carbonyl (C=O) groups excluding carboxylic acids is 1. The molecule has 3 aromatic rings. The summed E-state index contributed by atoms with van der Waals surface area (Å²) in [7, 11) is 1.46. The van der Waals surface area contributed by atoms with Crippen molar-refractivity contribution >= 4 is 17.6 Å². The number of halogens is 1. The summed E-state index contributed by atoms with van der Waals surface area (Å²) in [6, 6.07) is 7.88. The maximum Gasteiger partial charge on any atom is 0.412 e. The van der Waals surface area contributed by atoms with Crippen LogP contribution >= 0.6 is 0 Å². The summed E-state index contributed by atoms with van der Waals surface area (Å²) in [6.45, 7) is 0.365. The largest absolute Gasteiger partial charge is 0.412 e. The first-order valence-electron chi connectivity index (χ1n) is 8.49. The van der Waals surface area contributed by atoms with Gasteiger partial charge in [0.1, 0.15) is 11.6 Å². The standard InChI is InChI=1S/C18H18FN5O3/c1-20-18(26)27-15-9-21-24-6-5-16(22-17(15)24)23-10-13(25)8-14(23)11-3-2-4-12(19)7-11/h2-7,9,13-14,25H,8,10H2,1H3,(H,20,26)/t13-,14+/m0/s1. The van der Waals surface area contributed by atoms with E-state index in [1.165, 1.54) is 29.9 Å². The SMILES string of the molecule is CNC(=O)Oc1cnn2ccc(N3C[C@@H](O)C[C@@H]3c3cccc(F)c3)nc12. The summed E-state index contributed by atoms with van der Waals surface area (Å²) in [5.74, 6) is 0.475. The molecule has 4 rings (SSSR count). The van der Waals surface area contributed by atoms with Crippen molar-refractivity contribution in [3.05, 3.63) is 54.1 Å². The van der Waals surface area contributed by atoms with E-state index in [4.69, 9.17) is 4.74 Å². The molecule has 0 radical (unpaired) electrons. The number of anilines is 1. The van der Waals surface area contributed by atoms with Gasteiger partial charge in [0.15, 0.2) is 5.75 Å². The molecule has 9 heteroatoms. The number of ether oxygens (including phenoxy) is 1. The van der Waals surface area contributed by atoms with Gasteiger partial charge in [-0.25, -0.2) is 18.7 Å². The predicted molar refractivity (Wildman–Crippen MR) is 95.2 cm³/mol. The van der Waals surface area contributed by atoms with E-state index in [-0.39, 0.29) is 17.6 Å². The fraction of sp³-hybridized carbons (Fsp3) is 0.278. The zero-order chi connectivity index (χ0) is 19.0. The van der Waals surface area contributed by atoms with Gasteiger partial charge in [-0.1, -0.05) is 12.1 Å². The van der Waals surface area contributed by atoms with Gasteiger partial charge in [0.2, 0.25) is 5.65 Å². The van der Waals surface area contributed by atoms with Crippen LogP contribution in [0.15, 0.2) is 42.7 Å². The van der Waals surface area contributed by atoms with Crippen LogP contribution in [0.25, 0.3) is 5.65 Å². The zero-order valence-corrected chi connectivity index (χ0v) is 14.5. The average molecular weight is 371 g/mol. The normalized spacial score (nSPS) is 19.4. The number of aromatic nitrogens is 3. The minimum atomic E-state index is -0.619. The molecule has 0 aliphatic carbocycles. The lowest BCUT2D eigenvalue weighted by molar-refractivity contribution is 0.194. The first kappa shape index (κ1) is 17.2. The average Bonchev–Trinajstić information content (AvgIpc) is 3.25. The Labute approximate surface area is 154 Å². The summed E-state index contributed by atoms with van der Waals surface area (Å²) in [5, 5.41) is 16.7. The fourth-order valence-electron chi connectivity index (χ4n) is 3.32. The molecular weight excluding hydrogens is 353 g/mol. The molecule has 27 heavy (non-hydrogen) atoms. The minimum absolute atomic E-state index is 0.211. The van der Waals surface area contributed by atoms with Gasteiger partial charge in [-0.15, -0.1) is 0 Å². The van der Waals surface area contributed by atoms with E-state index in [2.05, 4.69) is 15.4 Å². The number of nitrogens with zero attached hydrogens (tertiary/aromatic N) is 4. The van der Waals surface area contributed by atoms with Gasteiger partial charge in [0.05, 0.1) is 18.3 Å². The van der Waals surface area contributed by atoms with Crippen molar-refractivity contribution < 1.29 is 19.0 Å². The smallest absolute Gasteiger partial charge is 0.405 e. The number of fused-ring (bicyclic) bond motifs is 1. The number of carbonyl (C=O) groups is 1. The highest BCUT2D eigenvalue weighted by atomic mass is 19.1. The predicted octanol–water partition coefficient (Wildman–Crippen LogP) is 1.90. The first-order chi connectivity index (χ1) is 13.0. The van der Waals surface area contributed by atoms with Crippen molar-refractivity contribution in [3.63, 3.8) is 0 Å². The first-order valence-corrected chi connectivity index (χ1v) is 8.49. The molecule has 0 spiro atoms. The van der Waals surface area contributed by atoms with Crippen molar-refractivity contribution in [1.82, 2.24) is 19.9 Å². The molecule has 1 saturated heterocycles. The molecule has 2 atom stereocenters. The Balaban J connectivity index is 1.71. The molecule has 0 unspecified atom stereocenters. The Morgan fingerprint density at radius 2 is 2.26 bits per heavy atom. The van der Waals surface area contributed by atoms with Crippen LogP contribution in [0.3, 0.4) is 0 Å². The second-order valence-electron chi connectivity index (χ2n) is 6.31. The Bertz CT molecular complexity index is 992. The number of amides is 1. The Hall–Kier alpha value is -3.20. The highest BCUT2D eigenvalue weighted by molar-refractivity contribution is 5.73. The van der Waals surface area contributed by atoms with Crippen LogP contribution in [0, 0.1) is 5.82 Å². The van der Waals surface area contributed by atoms with Gasteiger partial charge >= 0.3 is 6.09 Å². The van der Waals surface area contributed by atoms with Crippen LogP contribution in [0.4, 0.5) is 15.0 Å². The number of rotatable bonds is 3. The van der Waals surface area contributed by atoms with Crippen LogP contribution in [0.5, 0.6) is 5.75 Å². The third-order valence-corrected chi connectivity index (χ3v) is 4.54. The van der Waals surface area contributed by atoms with E-state index in [1.54, 1.807) is 18.3 Å². The maximum absolute atomic E-state index is 13.7. The Kier molecular flexibility index (Phi) is 4.36. The van der Waals surface area contributed by atoms with Gasteiger partial charge in [-0.05, 0) is 30.2 Å².